The van der Waals surface area contributed by atoms with Crippen LogP contribution in [0.5, 0.6) is 0 Å². The predicted octanol–water partition coefficient (Wildman–Crippen LogP) is 3.12. The van der Waals surface area contributed by atoms with E-state index in [0.717, 1.165) is 18.8 Å². The maximum absolute atomic E-state index is 10.8. The summed E-state index contributed by atoms with van der Waals surface area (Å²) in [5.74, 6) is 1.03. The lowest BCUT2D eigenvalue weighted by Crippen LogP contribution is -2.24. The van der Waals surface area contributed by atoms with Gasteiger partial charge in [0.05, 0.1) is 0 Å². The van der Waals surface area contributed by atoms with E-state index in [1.54, 1.807) is 0 Å². The van der Waals surface area contributed by atoms with E-state index in [4.69, 9.17) is 0 Å². The number of rotatable bonds is 4. The molecule has 1 heterocycles. The summed E-state index contributed by atoms with van der Waals surface area (Å²) in [6, 6.07) is 0.483. The fourth-order valence-electron chi connectivity index (χ4n) is 1.67. The van der Waals surface area contributed by atoms with E-state index in [-0.39, 0.29) is 5.91 Å². The van der Waals surface area contributed by atoms with E-state index < -0.39 is 0 Å². The van der Waals surface area contributed by atoms with Gasteiger partial charge in [0, 0.05) is 12.5 Å². The van der Waals surface area contributed by atoms with Crippen LogP contribution in [0.4, 0.5) is 0 Å². The van der Waals surface area contributed by atoms with Crippen LogP contribution >= 0.6 is 0 Å². The number of hydrogen-bond donors (Lipinski definition) is 1. The van der Waals surface area contributed by atoms with E-state index in [1.807, 2.05) is 13.8 Å². The van der Waals surface area contributed by atoms with Crippen LogP contribution in [0.2, 0.25) is 0 Å². The minimum absolute atomic E-state index is 0.240. The van der Waals surface area contributed by atoms with E-state index in [9.17, 15) is 4.79 Å². The van der Waals surface area contributed by atoms with Crippen LogP contribution in [0, 0.1) is 5.92 Å². The molecule has 1 aliphatic rings. The second kappa shape index (κ2) is 7.84. The van der Waals surface area contributed by atoms with Gasteiger partial charge in [-0.05, 0) is 18.8 Å². The number of hydrogen-bond acceptors (Lipinski definition) is 1. The molecular weight excluding hydrogens is 174 g/mol. The molecule has 0 aromatic carbocycles. The molecular formula is C12H25NO. The first kappa shape index (κ1) is 13.5. The van der Waals surface area contributed by atoms with Gasteiger partial charge in [0.2, 0.25) is 5.91 Å². The van der Waals surface area contributed by atoms with Gasteiger partial charge in [0.25, 0.3) is 0 Å². The van der Waals surface area contributed by atoms with Crippen LogP contribution in [0.15, 0.2) is 0 Å². The van der Waals surface area contributed by atoms with E-state index in [1.165, 1.54) is 19.3 Å². The van der Waals surface area contributed by atoms with Crippen LogP contribution in [-0.2, 0) is 4.79 Å². The molecule has 1 atom stereocenters. The maximum Gasteiger partial charge on any atom is 0.220 e. The minimum atomic E-state index is 0.240. The predicted molar refractivity (Wildman–Crippen MR) is 61.2 cm³/mol. The topological polar surface area (TPSA) is 29.1 Å². The van der Waals surface area contributed by atoms with Crippen molar-refractivity contribution in [1.29, 1.82) is 0 Å². The third kappa shape index (κ3) is 6.01. The lowest BCUT2D eigenvalue weighted by Gasteiger charge is -2.10. The van der Waals surface area contributed by atoms with Gasteiger partial charge < -0.3 is 5.32 Å². The van der Waals surface area contributed by atoms with Gasteiger partial charge in [-0.25, -0.2) is 0 Å². The molecule has 2 nitrogen and oxygen atoms in total. The highest BCUT2D eigenvalue weighted by molar-refractivity contribution is 5.78. The first-order valence-corrected chi connectivity index (χ1v) is 5.98. The number of nitrogens with one attached hydrogen (secondary N) is 1. The van der Waals surface area contributed by atoms with Gasteiger partial charge in [0.1, 0.15) is 0 Å². The van der Waals surface area contributed by atoms with Crippen LogP contribution in [0.3, 0.4) is 0 Å². The highest BCUT2D eigenvalue weighted by Gasteiger charge is 2.19. The van der Waals surface area contributed by atoms with Crippen molar-refractivity contribution in [3.05, 3.63) is 0 Å². The Hall–Kier alpha value is -0.530. The summed E-state index contributed by atoms with van der Waals surface area (Å²) in [5.41, 5.74) is 0. The molecule has 0 aliphatic carbocycles. The molecule has 1 unspecified atom stereocenters. The summed E-state index contributed by atoms with van der Waals surface area (Å²) >= 11 is 0. The molecule has 2 heteroatoms. The summed E-state index contributed by atoms with van der Waals surface area (Å²) < 4.78 is 0. The Morgan fingerprint density at radius 3 is 2.50 bits per heavy atom. The van der Waals surface area contributed by atoms with Gasteiger partial charge in [-0.2, -0.15) is 0 Å². The lowest BCUT2D eigenvalue weighted by atomic mass is 10.0. The SMILES string of the molecule is CC.CC(C)CCCC1CCC(=O)N1. The Bertz CT molecular complexity index is 154. The summed E-state index contributed by atoms with van der Waals surface area (Å²) in [6.07, 6.45) is 5.50. The number of carbonyl (C=O) groups is 1. The second-order valence-corrected chi connectivity index (χ2v) is 4.13. The van der Waals surface area contributed by atoms with Gasteiger partial charge in [0.15, 0.2) is 0 Å². The second-order valence-electron chi connectivity index (χ2n) is 4.13. The molecule has 0 saturated carbocycles. The average Bonchev–Trinajstić information content (AvgIpc) is 2.54. The van der Waals surface area contributed by atoms with Crippen molar-refractivity contribution in [1.82, 2.24) is 5.32 Å². The Balaban J connectivity index is 0.000000791. The van der Waals surface area contributed by atoms with Gasteiger partial charge in [-0.3, -0.25) is 4.79 Å². The molecule has 1 amide bonds. The van der Waals surface area contributed by atoms with Gasteiger partial charge in [-0.15, -0.1) is 0 Å². The van der Waals surface area contributed by atoms with Crippen LogP contribution in [-0.4, -0.2) is 11.9 Å². The molecule has 0 radical (unpaired) electrons. The third-order valence-corrected chi connectivity index (χ3v) is 2.42. The molecule has 0 spiro atoms. The zero-order chi connectivity index (χ0) is 11.0. The molecule has 0 bridgehead atoms. The highest BCUT2D eigenvalue weighted by atomic mass is 16.1. The van der Waals surface area contributed by atoms with Crippen LogP contribution < -0.4 is 5.32 Å². The summed E-state index contributed by atoms with van der Waals surface area (Å²) in [7, 11) is 0. The molecule has 84 valence electrons. The summed E-state index contributed by atoms with van der Waals surface area (Å²) in [4.78, 5) is 10.8. The van der Waals surface area contributed by atoms with Crippen molar-refractivity contribution < 1.29 is 4.79 Å². The van der Waals surface area contributed by atoms with Crippen molar-refractivity contribution >= 4 is 5.91 Å². The standard InChI is InChI=1S/C10H19NO.C2H6/c1-8(2)4-3-5-9-6-7-10(12)11-9;1-2/h8-9H,3-7H2,1-2H3,(H,11,12);1-2H3. The Labute approximate surface area is 88.5 Å². The Kier molecular flexibility index (Phi) is 7.54. The van der Waals surface area contributed by atoms with Crippen molar-refractivity contribution in [3.8, 4) is 0 Å². The normalized spacial score (nSPS) is 20.4. The van der Waals surface area contributed by atoms with Crippen molar-refractivity contribution in [3.63, 3.8) is 0 Å². The van der Waals surface area contributed by atoms with Crippen LogP contribution in [0.1, 0.15) is 59.8 Å². The fourth-order valence-corrected chi connectivity index (χ4v) is 1.67. The molecule has 1 rings (SSSR count). The molecule has 1 saturated heterocycles. The molecule has 1 aliphatic heterocycles. The maximum atomic E-state index is 10.8. The fraction of sp³-hybridized carbons (Fsp3) is 0.917. The molecule has 0 aromatic heterocycles. The Morgan fingerprint density at radius 1 is 1.43 bits per heavy atom. The largest absolute Gasteiger partial charge is 0.353 e. The quantitative estimate of drug-likeness (QED) is 0.740. The van der Waals surface area contributed by atoms with Crippen molar-refractivity contribution in [2.45, 2.75) is 65.8 Å². The third-order valence-electron chi connectivity index (χ3n) is 2.42. The van der Waals surface area contributed by atoms with Crippen molar-refractivity contribution in [2.24, 2.45) is 5.92 Å². The zero-order valence-corrected chi connectivity index (χ0v) is 10.1. The monoisotopic (exact) mass is 199 g/mol. The number of carbonyl (C=O) groups excluding carboxylic acids is 1. The van der Waals surface area contributed by atoms with Crippen LogP contribution in [0.25, 0.3) is 0 Å². The highest BCUT2D eigenvalue weighted by Crippen LogP contribution is 2.15. The summed E-state index contributed by atoms with van der Waals surface area (Å²) in [5, 5.41) is 2.99. The van der Waals surface area contributed by atoms with Gasteiger partial charge >= 0.3 is 0 Å². The number of amides is 1. The lowest BCUT2D eigenvalue weighted by molar-refractivity contribution is -0.119. The average molecular weight is 199 g/mol. The molecule has 14 heavy (non-hydrogen) atoms. The molecule has 1 N–H and O–H groups in total. The Morgan fingerprint density at radius 2 is 2.07 bits per heavy atom. The van der Waals surface area contributed by atoms with Gasteiger partial charge in [-0.1, -0.05) is 40.5 Å². The minimum Gasteiger partial charge on any atom is -0.353 e. The van der Waals surface area contributed by atoms with Crippen molar-refractivity contribution in [2.75, 3.05) is 0 Å². The van der Waals surface area contributed by atoms with E-state index >= 15 is 0 Å². The smallest absolute Gasteiger partial charge is 0.220 e. The summed E-state index contributed by atoms with van der Waals surface area (Å²) in [6.45, 7) is 8.49. The first-order valence-electron chi connectivity index (χ1n) is 5.98. The van der Waals surface area contributed by atoms with E-state index in [2.05, 4.69) is 19.2 Å². The molecule has 0 aromatic rings. The first-order chi connectivity index (χ1) is 6.68. The van der Waals surface area contributed by atoms with E-state index in [0.29, 0.717) is 6.04 Å². The zero-order valence-electron chi connectivity index (χ0n) is 10.1. The molecule has 1 fully saturated rings.